The quantitative estimate of drug-likeness (QED) is 0.146. The van der Waals surface area contributed by atoms with Crippen molar-refractivity contribution in [3.63, 3.8) is 0 Å². The van der Waals surface area contributed by atoms with Crippen molar-refractivity contribution in [2.24, 2.45) is 5.41 Å². The van der Waals surface area contributed by atoms with E-state index in [0.717, 1.165) is 32.1 Å². The highest BCUT2D eigenvalue weighted by atomic mass is 16.4. The third-order valence-electron chi connectivity index (χ3n) is 6.77. The van der Waals surface area contributed by atoms with Crippen molar-refractivity contribution in [1.29, 1.82) is 0 Å². The highest BCUT2D eigenvalue weighted by Crippen LogP contribution is 2.23. The summed E-state index contributed by atoms with van der Waals surface area (Å²) in [6.45, 7) is 10.3. The average molecular weight is 471 g/mol. The van der Waals surface area contributed by atoms with Gasteiger partial charge in [-0.1, -0.05) is 143 Å². The lowest BCUT2D eigenvalue weighted by Gasteiger charge is -2.18. The fourth-order valence-electron chi connectivity index (χ4n) is 4.10. The first-order chi connectivity index (χ1) is 15.8. The molecule has 0 spiro atoms. The molecular weight excluding hydrogens is 408 g/mol. The second-order valence-electron chi connectivity index (χ2n) is 10.8. The van der Waals surface area contributed by atoms with Gasteiger partial charge in [0.2, 0.25) is 0 Å². The highest BCUT2D eigenvalue weighted by Gasteiger charge is 2.25. The predicted molar refractivity (Wildman–Crippen MR) is 146 cm³/mol. The standard InChI is InChI=1S/C20H42O.C10H20O2/c1-3-5-7-9-11-12-13-15-17-19-20(21)18-16-14-10-8-6-4-2;1-4-5-6-7-8-10(2,3)9(11)12/h20-21H,3-19H2,1-2H3;4-8H2,1-3H3,(H,11,12). The Balaban J connectivity index is 0. The molecule has 0 aliphatic heterocycles. The van der Waals surface area contributed by atoms with Crippen LogP contribution in [0.2, 0.25) is 0 Å². The van der Waals surface area contributed by atoms with Crippen LogP contribution in [0.15, 0.2) is 0 Å². The Kier molecular flexibility index (Phi) is 27.3. The van der Waals surface area contributed by atoms with Crippen LogP contribution >= 0.6 is 0 Å². The van der Waals surface area contributed by atoms with Crippen molar-refractivity contribution in [2.75, 3.05) is 0 Å². The molecule has 0 heterocycles. The molecule has 0 radical (unpaired) electrons. The van der Waals surface area contributed by atoms with E-state index in [-0.39, 0.29) is 6.10 Å². The van der Waals surface area contributed by atoms with E-state index in [1.807, 2.05) is 0 Å². The molecule has 2 N–H and O–H groups in total. The molecular formula is C30H62O3. The van der Waals surface area contributed by atoms with Crippen LogP contribution in [0.3, 0.4) is 0 Å². The van der Waals surface area contributed by atoms with Crippen molar-refractivity contribution < 1.29 is 15.0 Å². The number of aliphatic carboxylic acids is 1. The SMILES string of the molecule is CCCCCCC(C)(C)C(=O)O.CCCCCCCCCCCC(O)CCCCCCCC. The van der Waals surface area contributed by atoms with E-state index < -0.39 is 11.4 Å². The Hall–Kier alpha value is -0.570. The summed E-state index contributed by atoms with van der Waals surface area (Å²) in [5.41, 5.74) is -0.534. The molecule has 0 saturated heterocycles. The summed E-state index contributed by atoms with van der Waals surface area (Å²) in [6.07, 6.45) is 27.8. The second-order valence-corrected chi connectivity index (χ2v) is 10.8. The van der Waals surface area contributed by atoms with Crippen LogP contribution in [0, 0.1) is 5.41 Å². The molecule has 0 fully saturated rings. The van der Waals surface area contributed by atoms with Crippen LogP contribution in [-0.4, -0.2) is 22.3 Å². The zero-order valence-corrected chi connectivity index (χ0v) is 23.4. The van der Waals surface area contributed by atoms with Crippen LogP contribution in [0.1, 0.15) is 176 Å². The van der Waals surface area contributed by atoms with E-state index in [4.69, 9.17) is 5.11 Å². The molecule has 1 atom stereocenters. The van der Waals surface area contributed by atoms with Gasteiger partial charge >= 0.3 is 5.97 Å². The van der Waals surface area contributed by atoms with Crippen LogP contribution in [0.25, 0.3) is 0 Å². The number of hydrogen-bond donors (Lipinski definition) is 2. The van der Waals surface area contributed by atoms with E-state index >= 15 is 0 Å². The fraction of sp³-hybridized carbons (Fsp3) is 0.967. The normalized spacial score (nSPS) is 12.3. The summed E-state index contributed by atoms with van der Waals surface area (Å²) in [5.74, 6) is -0.681. The fourth-order valence-corrected chi connectivity index (χ4v) is 4.10. The van der Waals surface area contributed by atoms with Crippen molar-refractivity contribution in [2.45, 2.75) is 182 Å². The number of aliphatic hydroxyl groups excluding tert-OH is 1. The molecule has 3 nitrogen and oxygen atoms in total. The van der Waals surface area contributed by atoms with Crippen LogP contribution in [0.5, 0.6) is 0 Å². The number of rotatable bonds is 23. The van der Waals surface area contributed by atoms with E-state index in [1.54, 1.807) is 13.8 Å². The van der Waals surface area contributed by atoms with Gasteiger partial charge in [-0.3, -0.25) is 4.79 Å². The Morgan fingerprint density at radius 2 is 0.879 bits per heavy atom. The van der Waals surface area contributed by atoms with Gasteiger partial charge in [0.25, 0.3) is 0 Å². The summed E-state index contributed by atoms with van der Waals surface area (Å²) in [5, 5.41) is 18.7. The molecule has 0 aromatic carbocycles. The zero-order valence-electron chi connectivity index (χ0n) is 23.4. The van der Waals surface area contributed by atoms with Gasteiger partial charge in [0.1, 0.15) is 0 Å². The van der Waals surface area contributed by atoms with E-state index in [0.29, 0.717) is 0 Å². The van der Waals surface area contributed by atoms with Crippen LogP contribution in [-0.2, 0) is 4.79 Å². The monoisotopic (exact) mass is 470 g/mol. The van der Waals surface area contributed by atoms with Crippen molar-refractivity contribution >= 4 is 5.97 Å². The minimum absolute atomic E-state index is 0.0271. The summed E-state index contributed by atoms with van der Waals surface area (Å²) < 4.78 is 0. The van der Waals surface area contributed by atoms with Crippen molar-refractivity contribution in [1.82, 2.24) is 0 Å². The first-order valence-corrected chi connectivity index (χ1v) is 14.7. The number of aliphatic hydroxyl groups is 1. The maximum absolute atomic E-state index is 10.7. The van der Waals surface area contributed by atoms with Gasteiger partial charge in [-0.2, -0.15) is 0 Å². The lowest BCUT2D eigenvalue weighted by atomic mass is 9.87. The first-order valence-electron chi connectivity index (χ1n) is 14.7. The number of unbranched alkanes of at least 4 members (excludes halogenated alkanes) is 16. The number of carboxylic acids is 1. The van der Waals surface area contributed by atoms with Gasteiger partial charge in [-0.25, -0.2) is 0 Å². The zero-order chi connectivity index (χ0) is 25.2. The molecule has 0 bridgehead atoms. The largest absolute Gasteiger partial charge is 0.481 e. The van der Waals surface area contributed by atoms with E-state index in [2.05, 4.69) is 20.8 Å². The molecule has 1 unspecified atom stereocenters. The molecule has 0 aromatic rings. The van der Waals surface area contributed by atoms with Gasteiger partial charge in [0.15, 0.2) is 0 Å². The second kappa shape index (κ2) is 26.0. The predicted octanol–water partition coefficient (Wildman–Crippen LogP) is 10.1. The summed E-state index contributed by atoms with van der Waals surface area (Å²) in [6, 6.07) is 0. The Morgan fingerprint density at radius 1 is 0.576 bits per heavy atom. The summed E-state index contributed by atoms with van der Waals surface area (Å²) in [4.78, 5) is 10.7. The third kappa shape index (κ3) is 27.6. The van der Waals surface area contributed by atoms with Gasteiger partial charge < -0.3 is 10.2 Å². The summed E-state index contributed by atoms with van der Waals surface area (Å²) >= 11 is 0. The minimum atomic E-state index is -0.681. The third-order valence-corrected chi connectivity index (χ3v) is 6.77. The highest BCUT2D eigenvalue weighted by molar-refractivity contribution is 5.73. The maximum Gasteiger partial charge on any atom is 0.309 e. The molecule has 0 amide bonds. The molecule has 0 rings (SSSR count). The molecule has 0 aliphatic rings. The number of hydrogen-bond acceptors (Lipinski definition) is 2. The van der Waals surface area contributed by atoms with E-state index in [1.165, 1.54) is 109 Å². The lowest BCUT2D eigenvalue weighted by molar-refractivity contribution is -0.147. The van der Waals surface area contributed by atoms with Crippen molar-refractivity contribution in [3.05, 3.63) is 0 Å². The molecule has 200 valence electrons. The van der Waals surface area contributed by atoms with Crippen LogP contribution in [0.4, 0.5) is 0 Å². The van der Waals surface area contributed by atoms with Gasteiger partial charge in [0, 0.05) is 0 Å². The van der Waals surface area contributed by atoms with Gasteiger partial charge in [-0.05, 0) is 33.1 Å². The maximum atomic E-state index is 10.7. The smallest absolute Gasteiger partial charge is 0.309 e. The van der Waals surface area contributed by atoms with Gasteiger partial charge in [-0.15, -0.1) is 0 Å². The molecule has 0 aromatic heterocycles. The molecule has 0 aliphatic carbocycles. The molecule has 3 heteroatoms. The topological polar surface area (TPSA) is 57.5 Å². The Bertz CT molecular complexity index is 392. The Morgan fingerprint density at radius 3 is 1.21 bits per heavy atom. The lowest BCUT2D eigenvalue weighted by Crippen LogP contribution is -2.23. The molecule has 33 heavy (non-hydrogen) atoms. The summed E-state index contributed by atoms with van der Waals surface area (Å²) in [7, 11) is 0. The number of carboxylic acid groups (broad SMARTS) is 1. The first kappa shape index (κ1) is 34.6. The average Bonchev–Trinajstić information content (AvgIpc) is 2.78. The van der Waals surface area contributed by atoms with Crippen molar-refractivity contribution in [3.8, 4) is 0 Å². The number of carbonyl (C=O) groups is 1. The minimum Gasteiger partial charge on any atom is -0.481 e. The van der Waals surface area contributed by atoms with Crippen LogP contribution < -0.4 is 0 Å². The Labute approximate surface area is 208 Å². The molecule has 0 saturated carbocycles. The van der Waals surface area contributed by atoms with E-state index in [9.17, 15) is 9.90 Å². The van der Waals surface area contributed by atoms with Gasteiger partial charge in [0.05, 0.1) is 11.5 Å².